The van der Waals surface area contributed by atoms with Gasteiger partial charge in [0.05, 0.1) is 12.0 Å². The fraction of sp³-hybridized carbons (Fsp3) is 0.833. The molecule has 1 atom stereocenters. The van der Waals surface area contributed by atoms with Gasteiger partial charge in [-0.15, -0.1) is 0 Å². The highest BCUT2D eigenvalue weighted by molar-refractivity contribution is 5.87. The fourth-order valence-electron chi connectivity index (χ4n) is 1.85. The monoisotopic (exact) mass is 241 g/mol. The lowest BCUT2D eigenvalue weighted by molar-refractivity contribution is -0.135. The maximum Gasteiger partial charge on any atom is 0.241 e. The molecule has 0 radical (unpaired) electrons. The van der Waals surface area contributed by atoms with Crippen LogP contribution >= 0.6 is 0 Å². The molecule has 0 spiro atoms. The lowest BCUT2D eigenvalue weighted by Gasteiger charge is -2.25. The van der Waals surface area contributed by atoms with Gasteiger partial charge < -0.3 is 16.0 Å². The molecule has 5 nitrogen and oxygen atoms in total. The van der Waals surface area contributed by atoms with E-state index in [9.17, 15) is 9.59 Å². The topological polar surface area (TPSA) is 75.4 Å². The zero-order valence-corrected chi connectivity index (χ0v) is 10.8. The summed E-state index contributed by atoms with van der Waals surface area (Å²) in [6.45, 7) is 5.77. The van der Waals surface area contributed by atoms with Gasteiger partial charge in [-0.2, -0.15) is 0 Å². The van der Waals surface area contributed by atoms with Gasteiger partial charge in [0.25, 0.3) is 0 Å². The van der Waals surface area contributed by atoms with Gasteiger partial charge in [-0.1, -0.05) is 6.92 Å². The Labute approximate surface area is 103 Å². The number of carbonyl (C=O) groups excluding carboxylic acids is 2. The first kappa shape index (κ1) is 14.0. The second kappa shape index (κ2) is 6.00. The molecule has 0 aromatic carbocycles. The largest absolute Gasteiger partial charge is 0.347 e. The summed E-state index contributed by atoms with van der Waals surface area (Å²) in [5, 5.41) is 2.69. The number of rotatable bonds is 5. The van der Waals surface area contributed by atoms with Crippen molar-refractivity contribution in [2.24, 2.45) is 11.1 Å². The molecule has 1 saturated heterocycles. The Kier molecular flexibility index (Phi) is 4.93. The molecule has 0 aromatic heterocycles. The molecule has 1 unspecified atom stereocenters. The Bertz CT molecular complexity index is 281. The van der Waals surface area contributed by atoms with Gasteiger partial charge in [-0.25, -0.2) is 0 Å². The molecule has 2 amide bonds. The second-order valence-electron chi connectivity index (χ2n) is 4.89. The average molecular weight is 241 g/mol. The molecule has 5 heteroatoms. The van der Waals surface area contributed by atoms with Crippen LogP contribution in [0.2, 0.25) is 0 Å². The van der Waals surface area contributed by atoms with Gasteiger partial charge in [-0.3, -0.25) is 9.59 Å². The molecule has 3 N–H and O–H groups in total. The molecule has 0 bridgehead atoms. The van der Waals surface area contributed by atoms with E-state index in [0.717, 1.165) is 25.9 Å². The first-order valence-electron chi connectivity index (χ1n) is 6.29. The van der Waals surface area contributed by atoms with E-state index in [2.05, 4.69) is 5.32 Å². The van der Waals surface area contributed by atoms with Crippen molar-refractivity contribution >= 4 is 11.8 Å². The van der Waals surface area contributed by atoms with Crippen LogP contribution in [0.15, 0.2) is 0 Å². The van der Waals surface area contributed by atoms with Crippen molar-refractivity contribution in [3.63, 3.8) is 0 Å². The molecule has 0 saturated carbocycles. The first-order valence-corrected chi connectivity index (χ1v) is 6.29. The predicted molar refractivity (Wildman–Crippen MR) is 66.3 cm³/mol. The highest BCUT2D eigenvalue weighted by Gasteiger charge is 2.30. The number of hydrogen-bond donors (Lipinski definition) is 2. The van der Waals surface area contributed by atoms with Gasteiger partial charge >= 0.3 is 0 Å². The third-order valence-corrected chi connectivity index (χ3v) is 3.64. The standard InChI is InChI=1S/C12H23N3O2/c1-3-12(2,9-13)11(17)14-8-10(16)15-6-4-5-7-15/h3-9,13H2,1-2H3,(H,14,17). The summed E-state index contributed by atoms with van der Waals surface area (Å²) >= 11 is 0. The minimum Gasteiger partial charge on any atom is -0.347 e. The average Bonchev–Trinajstić information content (AvgIpc) is 2.88. The van der Waals surface area contributed by atoms with Gasteiger partial charge in [-0.05, 0) is 26.2 Å². The molecular weight excluding hydrogens is 218 g/mol. The fourth-order valence-corrected chi connectivity index (χ4v) is 1.85. The van der Waals surface area contributed by atoms with Crippen molar-refractivity contribution in [3.8, 4) is 0 Å². The van der Waals surface area contributed by atoms with Crippen molar-refractivity contribution in [3.05, 3.63) is 0 Å². The summed E-state index contributed by atoms with van der Waals surface area (Å²) in [5.74, 6) is -0.124. The van der Waals surface area contributed by atoms with Crippen LogP contribution in [-0.4, -0.2) is 42.9 Å². The SMILES string of the molecule is CCC(C)(CN)C(=O)NCC(=O)N1CCCC1. The molecule has 0 aliphatic carbocycles. The number of hydrogen-bond acceptors (Lipinski definition) is 3. The molecule has 0 aromatic rings. The molecule has 1 aliphatic heterocycles. The van der Waals surface area contributed by atoms with Crippen molar-refractivity contribution in [1.82, 2.24) is 10.2 Å². The van der Waals surface area contributed by atoms with Crippen LogP contribution in [0, 0.1) is 5.41 Å². The van der Waals surface area contributed by atoms with Crippen molar-refractivity contribution in [2.45, 2.75) is 33.1 Å². The highest BCUT2D eigenvalue weighted by atomic mass is 16.2. The molecule has 1 fully saturated rings. The summed E-state index contributed by atoms with van der Waals surface area (Å²) in [4.78, 5) is 25.4. The number of amides is 2. The Hall–Kier alpha value is -1.10. The van der Waals surface area contributed by atoms with E-state index < -0.39 is 5.41 Å². The maximum atomic E-state index is 11.9. The summed E-state index contributed by atoms with van der Waals surface area (Å²) in [6.07, 6.45) is 2.80. The molecule has 1 heterocycles. The van der Waals surface area contributed by atoms with Gasteiger partial charge in [0.15, 0.2) is 0 Å². The van der Waals surface area contributed by atoms with Crippen LogP contribution in [-0.2, 0) is 9.59 Å². The van der Waals surface area contributed by atoms with Crippen LogP contribution in [0.3, 0.4) is 0 Å². The Morgan fingerprint density at radius 1 is 1.35 bits per heavy atom. The third kappa shape index (κ3) is 3.43. The highest BCUT2D eigenvalue weighted by Crippen LogP contribution is 2.18. The first-order chi connectivity index (χ1) is 8.03. The van der Waals surface area contributed by atoms with E-state index in [-0.39, 0.29) is 18.4 Å². The molecule has 1 rings (SSSR count). The lowest BCUT2D eigenvalue weighted by atomic mass is 9.87. The van der Waals surface area contributed by atoms with Crippen LogP contribution in [0.4, 0.5) is 0 Å². The summed E-state index contributed by atoms with van der Waals surface area (Å²) in [7, 11) is 0. The quantitative estimate of drug-likeness (QED) is 0.717. The zero-order chi connectivity index (χ0) is 12.9. The number of nitrogens with zero attached hydrogens (tertiary/aromatic N) is 1. The van der Waals surface area contributed by atoms with Gasteiger partial charge in [0.1, 0.15) is 0 Å². The maximum absolute atomic E-state index is 11.9. The minimum atomic E-state index is -0.564. The van der Waals surface area contributed by atoms with Crippen LogP contribution in [0.1, 0.15) is 33.1 Å². The van der Waals surface area contributed by atoms with E-state index >= 15 is 0 Å². The van der Waals surface area contributed by atoms with E-state index in [4.69, 9.17) is 5.73 Å². The molecule has 17 heavy (non-hydrogen) atoms. The number of likely N-dealkylation sites (tertiary alicyclic amines) is 1. The molecular formula is C12H23N3O2. The molecule has 1 aliphatic rings. The number of carbonyl (C=O) groups is 2. The number of nitrogens with two attached hydrogens (primary N) is 1. The predicted octanol–water partition coefficient (Wildman–Crippen LogP) is 0.100. The minimum absolute atomic E-state index is 0.00586. The smallest absolute Gasteiger partial charge is 0.241 e. The number of nitrogens with one attached hydrogen (secondary N) is 1. The Morgan fingerprint density at radius 3 is 2.41 bits per heavy atom. The van der Waals surface area contributed by atoms with E-state index in [1.165, 1.54) is 0 Å². The van der Waals surface area contributed by atoms with Crippen molar-refractivity contribution in [1.29, 1.82) is 0 Å². The van der Waals surface area contributed by atoms with Gasteiger partial charge in [0, 0.05) is 19.6 Å². The summed E-state index contributed by atoms with van der Waals surface area (Å²) in [6, 6.07) is 0. The third-order valence-electron chi connectivity index (χ3n) is 3.64. The van der Waals surface area contributed by atoms with Gasteiger partial charge in [0.2, 0.25) is 11.8 Å². The summed E-state index contributed by atoms with van der Waals surface area (Å²) in [5.41, 5.74) is 5.03. The van der Waals surface area contributed by atoms with E-state index in [1.807, 2.05) is 13.8 Å². The van der Waals surface area contributed by atoms with E-state index in [0.29, 0.717) is 13.0 Å². The Morgan fingerprint density at radius 2 is 1.94 bits per heavy atom. The van der Waals surface area contributed by atoms with Crippen LogP contribution in [0.25, 0.3) is 0 Å². The summed E-state index contributed by atoms with van der Waals surface area (Å²) < 4.78 is 0. The zero-order valence-electron chi connectivity index (χ0n) is 10.8. The van der Waals surface area contributed by atoms with Crippen LogP contribution < -0.4 is 11.1 Å². The molecule has 98 valence electrons. The van der Waals surface area contributed by atoms with Crippen molar-refractivity contribution < 1.29 is 9.59 Å². The van der Waals surface area contributed by atoms with Crippen molar-refractivity contribution in [2.75, 3.05) is 26.2 Å². The van der Waals surface area contributed by atoms with Crippen LogP contribution in [0.5, 0.6) is 0 Å². The second-order valence-corrected chi connectivity index (χ2v) is 4.89. The Balaban J connectivity index is 2.39. The normalized spacial score (nSPS) is 18.9. The lowest BCUT2D eigenvalue weighted by Crippen LogP contribution is -2.47. The van der Waals surface area contributed by atoms with E-state index in [1.54, 1.807) is 4.90 Å².